The molecule has 2 aromatic rings. The van der Waals surface area contributed by atoms with Gasteiger partial charge < -0.3 is 5.32 Å². The lowest BCUT2D eigenvalue weighted by atomic mass is 9.94. The molecular formula is C16H20ClN5O. The molecule has 7 heteroatoms. The third-order valence-corrected chi connectivity index (χ3v) is 4.24. The van der Waals surface area contributed by atoms with Gasteiger partial charge in [-0.1, -0.05) is 11.6 Å². The first-order chi connectivity index (χ1) is 11.1. The average Bonchev–Trinajstić information content (AvgIpc) is 2.96. The van der Waals surface area contributed by atoms with Crippen LogP contribution >= 0.6 is 11.6 Å². The molecule has 2 N–H and O–H groups in total. The molecule has 0 aromatic carbocycles. The van der Waals surface area contributed by atoms with Crippen molar-refractivity contribution in [2.24, 2.45) is 0 Å². The predicted molar refractivity (Wildman–Crippen MR) is 89.6 cm³/mol. The summed E-state index contributed by atoms with van der Waals surface area (Å²) in [5, 5.41) is 10.7. The van der Waals surface area contributed by atoms with E-state index in [1.54, 1.807) is 12.1 Å². The molecule has 1 aliphatic rings. The van der Waals surface area contributed by atoms with Gasteiger partial charge in [-0.2, -0.15) is 5.10 Å². The van der Waals surface area contributed by atoms with Crippen molar-refractivity contribution >= 4 is 23.3 Å². The topological polar surface area (TPSA) is 73.9 Å². The second-order valence-electron chi connectivity index (χ2n) is 5.96. The number of nitrogens with one attached hydrogen (secondary N) is 2. The molecule has 0 saturated carbocycles. The fraction of sp³-hybridized carbons (Fsp3) is 0.438. The molecule has 0 unspecified atom stereocenters. The van der Waals surface area contributed by atoms with E-state index < -0.39 is 0 Å². The Bertz CT molecular complexity index is 669. The van der Waals surface area contributed by atoms with Gasteiger partial charge in [-0.05, 0) is 44.5 Å². The number of pyridine rings is 1. The third kappa shape index (κ3) is 4.30. The van der Waals surface area contributed by atoms with E-state index in [1.807, 2.05) is 6.92 Å². The van der Waals surface area contributed by atoms with Gasteiger partial charge in [-0.15, -0.1) is 0 Å². The van der Waals surface area contributed by atoms with Crippen molar-refractivity contribution in [3.8, 4) is 0 Å². The normalized spacial score (nSPS) is 18.8. The number of hydrogen-bond acceptors (Lipinski definition) is 4. The van der Waals surface area contributed by atoms with Crippen LogP contribution in [0.4, 0.5) is 5.82 Å². The number of carbonyl (C=O) groups is 1. The molecule has 3 rings (SSSR count). The largest absolute Gasteiger partial charge is 0.310 e. The SMILES string of the molecule is Cc1cc([C@H]2CCCN(CC(=O)Nc3ccc(Cl)cn3)C2)n[nH]1. The fourth-order valence-corrected chi connectivity index (χ4v) is 3.04. The monoisotopic (exact) mass is 333 g/mol. The van der Waals surface area contributed by atoms with Crippen LogP contribution in [0.5, 0.6) is 0 Å². The van der Waals surface area contributed by atoms with Crippen molar-refractivity contribution in [1.82, 2.24) is 20.1 Å². The van der Waals surface area contributed by atoms with Crippen LogP contribution in [-0.4, -0.2) is 45.6 Å². The van der Waals surface area contributed by atoms with Crippen LogP contribution in [0, 0.1) is 6.92 Å². The molecule has 1 saturated heterocycles. The summed E-state index contributed by atoms with van der Waals surface area (Å²) in [6.45, 7) is 4.15. The molecule has 1 aliphatic heterocycles. The molecule has 6 nitrogen and oxygen atoms in total. The molecule has 0 aliphatic carbocycles. The van der Waals surface area contributed by atoms with Crippen LogP contribution in [0.25, 0.3) is 0 Å². The van der Waals surface area contributed by atoms with Crippen molar-refractivity contribution in [2.45, 2.75) is 25.7 Å². The van der Waals surface area contributed by atoms with Crippen molar-refractivity contribution in [1.29, 1.82) is 0 Å². The quantitative estimate of drug-likeness (QED) is 0.902. The molecule has 122 valence electrons. The number of aromatic nitrogens is 3. The number of H-pyrrole nitrogens is 1. The lowest BCUT2D eigenvalue weighted by Gasteiger charge is -2.31. The molecule has 0 spiro atoms. The Hall–Kier alpha value is -1.92. The lowest BCUT2D eigenvalue weighted by molar-refractivity contribution is -0.117. The van der Waals surface area contributed by atoms with E-state index in [0.717, 1.165) is 37.3 Å². The van der Waals surface area contributed by atoms with Gasteiger partial charge in [-0.3, -0.25) is 14.8 Å². The van der Waals surface area contributed by atoms with Gasteiger partial charge in [0.1, 0.15) is 5.82 Å². The number of amides is 1. The number of halogens is 1. The number of nitrogens with zero attached hydrogens (tertiary/aromatic N) is 3. The summed E-state index contributed by atoms with van der Waals surface area (Å²) in [7, 11) is 0. The van der Waals surface area contributed by atoms with Gasteiger partial charge >= 0.3 is 0 Å². The van der Waals surface area contributed by atoms with E-state index in [-0.39, 0.29) is 5.91 Å². The number of rotatable bonds is 4. The Morgan fingerprint density at radius 3 is 3.09 bits per heavy atom. The second-order valence-corrected chi connectivity index (χ2v) is 6.40. The highest BCUT2D eigenvalue weighted by Gasteiger charge is 2.24. The maximum absolute atomic E-state index is 12.2. The Morgan fingerprint density at radius 1 is 1.52 bits per heavy atom. The molecule has 0 radical (unpaired) electrons. The molecule has 1 amide bonds. The number of aryl methyl sites for hydroxylation is 1. The molecular weight excluding hydrogens is 314 g/mol. The van der Waals surface area contributed by atoms with Gasteiger partial charge in [0.15, 0.2) is 0 Å². The minimum absolute atomic E-state index is 0.0568. The lowest BCUT2D eigenvalue weighted by Crippen LogP contribution is -2.39. The number of aromatic amines is 1. The highest BCUT2D eigenvalue weighted by Crippen LogP contribution is 2.25. The molecule has 2 aromatic heterocycles. The highest BCUT2D eigenvalue weighted by molar-refractivity contribution is 6.30. The maximum atomic E-state index is 12.2. The zero-order valence-corrected chi connectivity index (χ0v) is 13.8. The van der Waals surface area contributed by atoms with Crippen molar-refractivity contribution < 1.29 is 4.79 Å². The van der Waals surface area contributed by atoms with Crippen LogP contribution in [0.2, 0.25) is 5.02 Å². The Labute approximate surface area is 140 Å². The first kappa shape index (κ1) is 16.0. The maximum Gasteiger partial charge on any atom is 0.239 e. The summed E-state index contributed by atoms with van der Waals surface area (Å²) < 4.78 is 0. The van der Waals surface area contributed by atoms with Crippen molar-refractivity contribution in [3.05, 3.63) is 40.8 Å². The van der Waals surface area contributed by atoms with Crippen LogP contribution in [-0.2, 0) is 4.79 Å². The summed E-state index contributed by atoms with van der Waals surface area (Å²) >= 11 is 5.79. The summed E-state index contributed by atoms with van der Waals surface area (Å²) in [5.41, 5.74) is 2.16. The molecule has 3 heterocycles. The minimum Gasteiger partial charge on any atom is -0.310 e. The number of piperidine rings is 1. The van der Waals surface area contributed by atoms with Crippen molar-refractivity contribution in [2.75, 3.05) is 25.0 Å². The van der Waals surface area contributed by atoms with Gasteiger partial charge in [-0.25, -0.2) is 4.98 Å². The molecule has 0 bridgehead atoms. The van der Waals surface area contributed by atoms with Crippen molar-refractivity contribution in [3.63, 3.8) is 0 Å². The Balaban J connectivity index is 1.54. The molecule has 1 fully saturated rings. The number of hydrogen-bond donors (Lipinski definition) is 2. The average molecular weight is 334 g/mol. The molecule has 23 heavy (non-hydrogen) atoms. The van der Waals surface area contributed by atoms with Gasteiger partial charge in [0.2, 0.25) is 5.91 Å². The van der Waals surface area contributed by atoms with E-state index in [0.29, 0.717) is 23.3 Å². The summed E-state index contributed by atoms with van der Waals surface area (Å²) in [4.78, 5) is 18.4. The van der Waals surface area contributed by atoms with E-state index in [1.165, 1.54) is 6.20 Å². The van der Waals surface area contributed by atoms with Gasteiger partial charge in [0.05, 0.1) is 17.3 Å². The zero-order valence-electron chi connectivity index (χ0n) is 13.1. The van der Waals surface area contributed by atoms with E-state index in [9.17, 15) is 4.79 Å². The van der Waals surface area contributed by atoms with Crippen LogP contribution in [0.3, 0.4) is 0 Å². The van der Waals surface area contributed by atoms with Crippen LogP contribution < -0.4 is 5.32 Å². The highest BCUT2D eigenvalue weighted by atomic mass is 35.5. The van der Waals surface area contributed by atoms with Crippen LogP contribution in [0.15, 0.2) is 24.4 Å². The fourth-order valence-electron chi connectivity index (χ4n) is 2.92. The Morgan fingerprint density at radius 2 is 2.39 bits per heavy atom. The number of carbonyl (C=O) groups excluding carboxylic acids is 1. The molecule has 1 atom stereocenters. The number of anilines is 1. The zero-order chi connectivity index (χ0) is 16.2. The number of likely N-dealkylation sites (tertiary alicyclic amines) is 1. The third-order valence-electron chi connectivity index (χ3n) is 4.01. The van der Waals surface area contributed by atoms with Gasteiger partial charge in [0.25, 0.3) is 0 Å². The van der Waals surface area contributed by atoms with E-state index in [4.69, 9.17) is 11.6 Å². The first-order valence-electron chi connectivity index (χ1n) is 7.76. The smallest absolute Gasteiger partial charge is 0.239 e. The summed E-state index contributed by atoms with van der Waals surface area (Å²) in [6, 6.07) is 5.50. The predicted octanol–water partition coefficient (Wildman–Crippen LogP) is 2.58. The van der Waals surface area contributed by atoms with E-state index >= 15 is 0 Å². The summed E-state index contributed by atoms with van der Waals surface area (Å²) in [5.74, 6) is 0.852. The standard InChI is InChI=1S/C16H20ClN5O/c1-11-7-14(21-20-11)12-3-2-6-22(9-12)10-16(23)19-15-5-4-13(17)8-18-15/h4-5,7-8,12H,2-3,6,9-10H2,1H3,(H,20,21)(H,18,19,23)/t12-/m0/s1. The summed E-state index contributed by atoms with van der Waals surface area (Å²) in [6.07, 6.45) is 3.71. The second kappa shape index (κ2) is 7.10. The Kier molecular flexibility index (Phi) is 4.93. The minimum atomic E-state index is -0.0568. The van der Waals surface area contributed by atoms with E-state index in [2.05, 4.69) is 31.5 Å². The van der Waals surface area contributed by atoms with Crippen LogP contribution in [0.1, 0.15) is 30.1 Å². The van der Waals surface area contributed by atoms with Gasteiger partial charge in [0, 0.05) is 24.4 Å². The first-order valence-corrected chi connectivity index (χ1v) is 8.13.